The molecular weight excluding hydrogens is 500 g/mol. The van der Waals surface area contributed by atoms with Crippen molar-refractivity contribution in [1.82, 2.24) is 0 Å². The zero-order valence-corrected chi connectivity index (χ0v) is 23.0. The molecule has 2 saturated heterocycles. The van der Waals surface area contributed by atoms with Crippen molar-refractivity contribution in [2.45, 2.75) is 158 Å². The van der Waals surface area contributed by atoms with E-state index in [2.05, 4.69) is 6.92 Å². The molecule has 0 saturated carbocycles. The summed E-state index contributed by atoms with van der Waals surface area (Å²) in [5.74, 6) is 0. The Morgan fingerprint density at radius 3 is 1.71 bits per heavy atom. The minimum Gasteiger partial charge on any atom is -0.394 e. The summed E-state index contributed by atoms with van der Waals surface area (Å²) < 4.78 is 22.8. The van der Waals surface area contributed by atoms with Gasteiger partial charge in [-0.1, -0.05) is 78.1 Å². The molecule has 0 aliphatic carbocycles. The first-order valence-electron chi connectivity index (χ1n) is 14.5. The van der Waals surface area contributed by atoms with Crippen LogP contribution in [0, 0.1) is 0 Å². The highest BCUT2D eigenvalue weighted by molar-refractivity contribution is 4.94. The average molecular weight is 553 g/mol. The summed E-state index contributed by atoms with van der Waals surface area (Å²) in [7, 11) is 0. The van der Waals surface area contributed by atoms with Gasteiger partial charge >= 0.3 is 0 Å². The lowest BCUT2D eigenvalue weighted by Crippen LogP contribution is -2.64. The Bertz CT molecular complexity index is 608. The van der Waals surface area contributed by atoms with Crippen LogP contribution in [0.25, 0.3) is 0 Å². The van der Waals surface area contributed by atoms with Crippen molar-refractivity contribution >= 4 is 0 Å². The first-order chi connectivity index (χ1) is 18.3. The number of aliphatic hydroxyl groups excluding tert-OH is 7. The average Bonchev–Trinajstić information content (AvgIpc) is 2.91. The number of aliphatic hydroxyl groups is 7. The van der Waals surface area contributed by atoms with Crippen molar-refractivity contribution in [3.05, 3.63) is 0 Å². The number of unbranched alkanes of at least 4 members (excludes halogenated alkanes) is 8. The number of ether oxygens (including phenoxy) is 4. The van der Waals surface area contributed by atoms with Crippen molar-refractivity contribution in [1.29, 1.82) is 0 Å². The molecule has 2 aliphatic rings. The van der Waals surface area contributed by atoms with Gasteiger partial charge in [-0.05, 0) is 12.8 Å². The van der Waals surface area contributed by atoms with Crippen LogP contribution in [0.3, 0.4) is 0 Å². The van der Waals surface area contributed by atoms with E-state index in [0.29, 0.717) is 0 Å². The number of hydrogen-bond acceptors (Lipinski definition) is 11. The molecule has 7 N–H and O–H groups in total. The van der Waals surface area contributed by atoms with Gasteiger partial charge in [-0.2, -0.15) is 0 Å². The summed E-state index contributed by atoms with van der Waals surface area (Å²) in [6.45, 7) is 3.03. The molecule has 0 aromatic carbocycles. The maximum absolute atomic E-state index is 10.8. The van der Waals surface area contributed by atoms with Gasteiger partial charge in [0.1, 0.15) is 48.8 Å². The molecule has 2 fully saturated rings. The molecule has 11 nitrogen and oxygen atoms in total. The quantitative estimate of drug-likeness (QED) is 0.119. The highest BCUT2D eigenvalue weighted by atomic mass is 16.7. The topological polar surface area (TPSA) is 179 Å². The molecule has 2 rings (SSSR count). The summed E-state index contributed by atoms with van der Waals surface area (Å²) >= 11 is 0. The SMILES string of the molecule is CCCCCCCCCCCC(CCC)OC1OC(CO)C(OC2OC(CO)C(O)C(O)C2O)C(O)C1O. The van der Waals surface area contributed by atoms with E-state index >= 15 is 0 Å². The van der Waals surface area contributed by atoms with Crippen molar-refractivity contribution in [2.75, 3.05) is 13.2 Å². The van der Waals surface area contributed by atoms with E-state index in [1.54, 1.807) is 0 Å². The smallest absolute Gasteiger partial charge is 0.187 e. The largest absolute Gasteiger partial charge is 0.394 e. The normalized spacial score (nSPS) is 36.9. The fourth-order valence-electron chi connectivity index (χ4n) is 5.14. The highest BCUT2D eigenvalue weighted by Crippen LogP contribution is 2.30. The van der Waals surface area contributed by atoms with Crippen LogP contribution in [0.4, 0.5) is 0 Å². The van der Waals surface area contributed by atoms with E-state index in [1.165, 1.54) is 44.9 Å². The van der Waals surface area contributed by atoms with Crippen molar-refractivity contribution in [3.8, 4) is 0 Å². The predicted molar refractivity (Wildman–Crippen MR) is 138 cm³/mol. The van der Waals surface area contributed by atoms with Crippen molar-refractivity contribution in [3.63, 3.8) is 0 Å². The van der Waals surface area contributed by atoms with Gasteiger partial charge in [0, 0.05) is 0 Å². The fourth-order valence-corrected chi connectivity index (χ4v) is 5.14. The highest BCUT2D eigenvalue weighted by Gasteiger charge is 2.51. The maximum atomic E-state index is 10.8. The van der Waals surface area contributed by atoms with Gasteiger partial charge in [-0.25, -0.2) is 0 Å². The van der Waals surface area contributed by atoms with Gasteiger partial charge < -0.3 is 54.7 Å². The Morgan fingerprint density at radius 1 is 0.579 bits per heavy atom. The predicted octanol–water partition coefficient (Wildman–Crippen LogP) is 0.717. The van der Waals surface area contributed by atoms with Gasteiger partial charge in [0.25, 0.3) is 0 Å². The van der Waals surface area contributed by atoms with Crippen LogP contribution >= 0.6 is 0 Å². The minimum absolute atomic E-state index is 0.182. The second-order valence-corrected chi connectivity index (χ2v) is 10.7. The van der Waals surface area contributed by atoms with Crippen LogP contribution in [0.2, 0.25) is 0 Å². The molecule has 11 heteroatoms. The standard InChI is InChI=1S/C27H52O11/c1-3-5-6-7-8-9-10-11-12-14-17(13-4-2)35-26-24(34)22(32)25(19(16-29)37-26)38-27-23(33)21(31)20(30)18(15-28)36-27/h17-34H,3-16H2,1-2H3. The molecular formula is C27H52O11. The molecule has 0 aromatic rings. The Labute approximate surface area is 226 Å². The summed E-state index contributed by atoms with van der Waals surface area (Å²) in [5, 5.41) is 71.1. The lowest BCUT2D eigenvalue weighted by molar-refractivity contribution is -0.363. The van der Waals surface area contributed by atoms with Crippen molar-refractivity contribution in [2.24, 2.45) is 0 Å². The Morgan fingerprint density at radius 2 is 1.13 bits per heavy atom. The third-order valence-electron chi connectivity index (χ3n) is 7.53. The summed E-state index contributed by atoms with van der Waals surface area (Å²) in [4.78, 5) is 0. The molecule has 0 bridgehead atoms. The summed E-state index contributed by atoms with van der Waals surface area (Å²) in [5.41, 5.74) is 0. The lowest BCUT2D eigenvalue weighted by Gasteiger charge is -2.46. The maximum Gasteiger partial charge on any atom is 0.187 e. The van der Waals surface area contributed by atoms with Crippen LogP contribution in [0.1, 0.15) is 90.9 Å². The molecule has 38 heavy (non-hydrogen) atoms. The molecule has 0 aromatic heterocycles. The summed E-state index contributed by atoms with van der Waals surface area (Å²) in [6.07, 6.45) is -1.25. The number of hydrogen-bond donors (Lipinski definition) is 7. The van der Waals surface area contributed by atoms with Gasteiger partial charge in [-0.3, -0.25) is 0 Å². The molecule has 2 heterocycles. The first-order valence-corrected chi connectivity index (χ1v) is 14.5. The van der Waals surface area contributed by atoms with Crippen LogP contribution in [0.5, 0.6) is 0 Å². The molecule has 0 amide bonds. The van der Waals surface area contributed by atoms with Crippen LogP contribution in [0.15, 0.2) is 0 Å². The molecule has 11 unspecified atom stereocenters. The van der Waals surface area contributed by atoms with E-state index in [4.69, 9.17) is 18.9 Å². The van der Waals surface area contributed by atoms with E-state index in [9.17, 15) is 35.7 Å². The van der Waals surface area contributed by atoms with Crippen LogP contribution in [-0.2, 0) is 18.9 Å². The molecule has 11 atom stereocenters. The monoisotopic (exact) mass is 552 g/mol. The minimum atomic E-state index is -1.70. The second kappa shape index (κ2) is 18.1. The van der Waals surface area contributed by atoms with E-state index < -0.39 is 74.6 Å². The fraction of sp³-hybridized carbons (Fsp3) is 1.00. The molecule has 0 radical (unpaired) electrons. The van der Waals surface area contributed by atoms with E-state index in [1.807, 2.05) is 6.92 Å². The Kier molecular flexibility index (Phi) is 16.1. The Hall–Kier alpha value is -0.440. The number of rotatable bonds is 18. The first kappa shape index (κ1) is 33.8. The zero-order valence-electron chi connectivity index (χ0n) is 23.0. The third-order valence-corrected chi connectivity index (χ3v) is 7.53. The van der Waals surface area contributed by atoms with E-state index in [0.717, 1.165) is 32.1 Å². The second-order valence-electron chi connectivity index (χ2n) is 10.7. The molecule has 2 aliphatic heterocycles. The molecule has 0 spiro atoms. The van der Waals surface area contributed by atoms with Crippen LogP contribution in [-0.4, -0.2) is 116 Å². The van der Waals surface area contributed by atoms with Gasteiger partial charge in [0.15, 0.2) is 12.6 Å². The van der Waals surface area contributed by atoms with Gasteiger partial charge in [0.2, 0.25) is 0 Å². The van der Waals surface area contributed by atoms with Crippen LogP contribution < -0.4 is 0 Å². The van der Waals surface area contributed by atoms with E-state index in [-0.39, 0.29) is 6.10 Å². The zero-order chi connectivity index (χ0) is 28.1. The lowest BCUT2D eigenvalue weighted by atomic mass is 9.97. The molecule has 226 valence electrons. The Balaban J connectivity index is 1.88. The van der Waals surface area contributed by atoms with Gasteiger partial charge in [-0.15, -0.1) is 0 Å². The van der Waals surface area contributed by atoms with Crippen molar-refractivity contribution < 1.29 is 54.7 Å². The third kappa shape index (κ3) is 9.88. The van der Waals surface area contributed by atoms with Gasteiger partial charge in [0.05, 0.1) is 19.3 Å². The summed E-state index contributed by atoms with van der Waals surface area (Å²) in [6, 6.07) is 0.